The Kier molecular flexibility index (Phi) is 8.65. The third kappa shape index (κ3) is 6.11. The molecule has 0 saturated heterocycles. The van der Waals surface area contributed by atoms with E-state index in [9.17, 15) is 15.0 Å². The van der Waals surface area contributed by atoms with Gasteiger partial charge in [-0.1, -0.05) is 43.6 Å². The van der Waals surface area contributed by atoms with Gasteiger partial charge in [-0.05, 0) is 50.4 Å². The summed E-state index contributed by atoms with van der Waals surface area (Å²) in [6.07, 6.45) is 12.3. The molecule has 2 rings (SSSR count). The van der Waals surface area contributed by atoms with E-state index in [2.05, 4.69) is 13.0 Å². The molecule has 3 N–H and O–H groups in total. The van der Waals surface area contributed by atoms with Crippen LogP contribution < -0.4 is 0 Å². The highest BCUT2D eigenvalue weighted by Gasteiger charge is 2.44. The smallest absolute Gasteiger partial charge is 0.303 e. The van der Waals surface area contributed by atoms with Gasteiger partial charge in [-0.2, -0.15) is 0 Å². The molecule has 2 fully saturated rings. The number of halogens is 1. The van der Waals surface area contributed by atoms with Crippen LogP contribution in [0.1, 0.15) is 64.7 Å². The number of aliphatic carboxylic acids is 1. The largest absolute Gasteiger partial charge is 0.481 e. The zero-order valence-electron chi connectivity index (χ0n) is 15.7. The molecule has 0 aromatic heterocycles. The molecule has 4 nitrogen and oxygen atoms in total. The number of fused-ring (bicyclic) bond motifs is 1. The monoisotopic (exact) mass is 384 g/mol. The first-order valence-corrected chi connectivity index (χ1v) is 10.4. The number of rotatable bonds is 10. The fourth-order valence-corrected chi connectivity index (χ4v) is 4.67. The van der Waals surface area contributed by atoms with E-state index in [1.165, 1.54) is 5.57 Å². The molecular formula is C21H33ClO4. The topological polar surface area (TPSA) is 77.8 Å². The number of aliphatic hydroxyl groups is 2. The van der Waals surface area contributed by atoms with Crippen LogP contribution in [-0.4, -0.2) is 38.9 Å². The van der Waals surface area contributed by atoms with Crippen LogP contribution in [0.3, 0.4) is 0 Å². The molecule has 0 bridgehead atoms. The van der Waals surface area contributed by atoms with Gasteiger partial charge < -0.3 is 15.3 Å². The Morgan fingerprint density at radius 1 is 1.35 bits per heavy atom. The van der Waals surface area contributed by atoms with Crippen LogP contribution in [0.5, 0.6) is 0 Å². The number of allylic oxidation sites excluding steroid dienone is 2. The first-order chi connectivity index (χ1) is 12.4. The van der Waals surface area contributed by atoms with Gasteiger partial charge in [0.25, 0.3) is 0 Å². The van der Waals surface area contributed by atoms with Crippen molar-refractivity contribution in [1.82, 2.24) is 0 Å². The lowest BCUT2D eigenvalue weighted by Gasteiger charge is -2.19. The summed E-state index contributed by atoms with van der Waals surface area (Å²) in [6, 6.07) is 0. The van der Waals surface area contributed by atoms with Crippen LogP contribution in [0.15, 0.2) is 23.8 Å². The first-order valence-electron chi connectivity index (χ1n) is 10.0. The van der Waals surface area contributed by atoms with Gasteiger partial charge in [-0.25, -0.2) is 0 Å². The minimum absolute atomic E-state index is 0.0783. The molecule has 148 valence electrons. The summed E-state index contributed by atoms with van der Waals surface area (Å²) in [5.74, 6) is 0.253. The van der Waals surface area contributed by atoms with Gasteiger partial charge in [0.1, 0.15) is 0 Å². The number of aliphatic hydroxyl groups excluding tert-OH is 2. The van der Waals surface area contributed by atoms with Crippen LogP contribution in [0, 0.1) is 17.8 Å². The van der Waals surface area contributed by atoms with Gasteiger partial charge in [0.05, 0.1) is 17.6 Å². The molecule has 5 heteroatoms. The highest BCUT2D eigenvalue weighted by atomic mass is 35.5. The van der Waals surface area contributed by atoms with Crippen LogP contribution in [0.2, 0.25) is 0 Å². The van der Waals surface area contributed by atoms with E-state index in [0.717, 1.165) is 44.9 Å². The van der Waals surface area contributed by atoms with E-state index in [4.69, 9.17) is 16.7 Å². The molecule has 0 spiro atoms. The Bertz CT molecular complexity index is 516. The standard InChI is InChI=1S/C21H33ClO4/c1-2-3-7-18(22)19(23)10-9-16-17-12-14(6-4-5-8-21(25)26)11-15(17)13-20(16)24/h6,9-10,15-20,23-24H,2-5,7-8,11-13H2,1H3,(H,25,26)/t15-,16-,17+,18?,19+,20-/m1/s1. The zero-order valence-corrected chi connectivity index (χ0v) is 16.4. The van der Waals surface area contributed by atoms with E-state index in [-0.39, 0.29) is 23.8 Å². The van der Waals surface area contributed by atoms with Crippen molar-refractivity contribution >= 4 is 17.6 Å². The molecule has 0 aromatic carbocycles. The van der Waals surface area contributed by atoms with Crippen molar-refractivity contribution in [3.63, 3.8) is 0 Å². The highest BCUT2D eigenvalue weighted by Crippen LogP contribution is 2.50. The Balaban J connectivity index is 1.87. The lowest BCUT2D eigenvalue weighted by Crippen LogP contribution is -2.21. The predicted octanol–water partition coefficient (Wildman–Crippen LogP) is 4.29. The van der Waals surface area contributed by atoms with E-state index in [1.807, 2.05) is 6.08 Å². The number of carbonyl (C=O) groups is 1. The lowest BCUT2D eigenvalue weighted by molar-refractivity contribution is -0.137. The second-order valence-electron chi connectivity index (χ2n) is 7.89. The predicted molar refractivity (Wildman–Crippen MR) is 104 cm³/mol. The molecule has 0 aliphatic heterocycles. The molecule has 2 aliphatic rings. The molecule has 0 radical (unpaired) electrons. The molecule has 26 heavy (non-hydrogen) atoms. The van der Waals surface area contributed by atoms with Crippen molar-refractivity contribution in [2.45, 2.75) is 82.3 Å². The zero-order chi connectivity index (χ0) is 19.1. The second kappa shape index (κ2) is 10.5. The van der Waals surface area contributed by atoms with Crippen LogP contribution in [0.4, 0.5) is 0 Å². The minimum atomic E-state index is -0.741. The van der Waals surface area contributed by atoms with Gasteiger partial charge in [0.2, 0.25) is 0 Å². The normalized spacial score (nSPS) is 32.2. The van der Waals surface area contributed by atoms with E-state index >= 15 is 0 Å². The summed E-state index contributed by atoms with van der Waals surface area (Å²) >= 11 is 6.24. The minimum Gasteiger partial charge on any atom is -0.481 e. The van der Waals surface area contributed by atoms with Crippen molar-refractivity contribution in [3.05, 3.63) is 23.8 Å². The number of carboxylic acids is 1. The maximum absolute atomic E-state index is 10.6. The molecule has 1 unspecified atom stereocenters. The highest BCUT2D eigenvalue weighted by molar-refractivity contribution is 6.21. The van der Waals surface area contributed by atoms with Gasteiger partial charge in [0.15, 0.2) is 0 Å². The average Bonchev–Trinajstić information content (AvgIpc) is 3.10. The molecule has 0 aromatic rings. The number of hydrogen-bond donors (Lipinski definition) is 3. The summed E-state index contributed by atoms with van der Waals surface area (Å²) in [7, 11) is 0. The number of unbranched alkanes of at least 4 members (excludes halogenated alkanes) is 2. The van der Waals surface area contributed by atoms with Gasteiger partial charge in [0, 0.05) is 12.3 Å². The number of alkyl halides is 1. The Hall–Kier alpha value is -0.840. The summed E-state index contributed by atoms with van der Waals surface area (Å²) < 4.78 is 0. The summed E-state index contributed by atoms with van der Waals surface area (Å²) in [5, 5.41) is 29.0. The summed E-state index contributed by atoms with van der Waals surface area (Å²) in [4.78, 5) is 10.6. The lowest BCUT2D eigenvalue weighted by atomic mass is 9.90. The molecule has 2 aliphatic carbocycles. The Morgan fingerprint density at radius 2 is 2.12 bits per heavy atom. The van der Waals surface area contributed by atoms with Crippen molar-refractivity contribution < 1.29 is 20.1 Å². The Labute approximate surface area is 161 Å². The van der Waals surface area contributed by atoms with Gasteiger partial charge in [-0.15, -0.1) is 11.6 Å². The summed E-state index contributed by atoms with van der Waals surface area (Å²) in [5.41, 5.74) is 1.40. The van der Waals surface area contributed by atoms with Crippen LogP contribution >= 0.6 is 11.6 Å². The molecule has 0 heterocycles. The maximum atomic E-state index is 10.6. The third-order valence-corrected chi connectivity index (χ3v) is 6.35. The third-order valence-electron chi connectivity index (χ3n) is 5.87. The van der Waals surface area contributed by atoms with Crippen LogP contribution in [0.25, 0.3) is 0 Å². The SMILES string of the molecule is CCCCC(Cl)[C@@H](O)C=C[C@@H]1[C@H]2CC(=CCCCC(=O)O)C[C@@H]2C[C@H]1O. The molecular weight excluding hydrogens is 352 g/mol. The van der Waals surface area contributed by atoms with Crippen molar-refractivity contribution in [2.24, 2.45) is 17.8 Å². The van der Waals surface area contributed by atoms with Gasteiger partial charge in [-0.3, -0.25) is 4.79 Å². The van der Waals surface area contributed by atoms with Crippen molar-refractivity contribution in [1.29, 1.82) is 0 Å². The van der Waals surface area contributed by atoms with Gasteiger partial charge >= 0.3 is 5.97 Å². The van der Waals surface area contributed by atoms with E-state index in [1.54, 1.807) is 6.08 Å². The quantitative estimate of drug-likeness (QED) is 0.298. The molecule has 6 atom stereocenters. The number of hydrogen-bond acceptors (Lipinski definition) is 3. The second-order valence-corrected chi connectivity index (χ2v) is 8.46. The molecule has 2 saturated carbocycles. The van der Waals surface area contributed by atoms with Crippen molar-refractivity contribution in [3.8, 4) is 0 Å². The first kappa shape index (κ1) is 21.5. The fraction of sp³-hybridized carbons (Fsp3) is 0.762. The Morgan fingerprint density at radius 3 is 2.81 bits per heavy atom. The average molecular weight is 385 g/mol. The van der Waals surface area contributed by atoms with E-state index in [0.29, 0.717) is 18.3 Å². The van der Waals surface area contributed by atoms with Crippen LogP contribution in [-0.2, 0) is 4.79 Å². The van der Waals surface area contributed by atoms with Crippen molar-refractivity contribution in [2.75, 3.05) is 0 Å². The summed E-state index contributed by atoms with van der Waals surface area (Å²) in [6.45, 7) is 2.10. The number of carboxylic acid groups (broad SMARTS) is 1. The fourth-order valence-electron chi connectivity index (χ4n) is 4.43. The van der Waals surface area contributed by atoms with E-state index < -0.39 is 12.1 Å². The molecule has 0 amide bonds. The maximum Gasteiger partial charge on any atom is 0.303 e.